The van der Waals surface area contributed by atoms with Gasteiger partial charge >= 0.3 is 0 Å². The van der Waals surface area contributed by atoms with E-state index in [1.165, 1.54) is 0 Å². The molecule has 2 aliphatic rings. The van der Waals surface area contributed by atoms with Crippen molar-refractivity contribution in [2.24, 2.45) is 4.99 Å². The lowest BCUT2D eigenvalue weighted by Gasteiger charge is -2.46. The highest BCUT2D eigenvalue weighted by Crippen LogP contribution is 2.54. The van der Waals surface area contributed by atoms with Gasteiger partial charge in [-0.05, 0) is 36.9 Å². The third-order valence-electron chi connectivity index (χ3n) is 7.39. The summed E-state index contributed by atoms with van der Waals surface area (Å²) in [5, 5.41) is 1.93. The van der Waals surface area contributed by atoms with Crippen LogP contribution >= 0.6 is 0 Å². The number of fused-ring (bicyclic) bond motifs is 4. The van der Waals surface area contributed by atoms with Gasteiger partial charge in [0.1, 0.15) is 18.0 Å². The van der Waals surface area contributed by atoms with Crippen LogP contribution in [0.25, 0.3) is 10.8 Å². The SMILES string of the molecule is CC1(C)c2ccccc2N(CCOc2c(F)c(F)c(F)c(F)c2F)C12C=Nc1c(ccc3ccccc13)O2. The van der Waals surface area contributed by atoms with E-state index in [2.05, 4.69) is 0 Å². The second-order valence-electron chi connectivity index (χ2n) is 9.73. The number of halogens is 5. The number of aliphatic imine (C=N–C) groups is 1. The Morgan fingerprint density at radius 2 is 1.47 bits per heavy atom. The predicted octanol–water partition coefficient (Wildman–Crippen LogP) is 7.20. The maximum atomic E-state index is 14.2. The Morgan fingerprint density at radius 1 is 0.816 bits per heavy atom. The summed E-state index contributed by atoms with van der Waals surface area (Å²) in [7, 11) is 0. The molecular formula is C29H21F5N2O2. The first-order valence-electron chi connectivity index (χ1n) is 11.9. The van der Waals surface area contributed by atoms with Gasteiger partial charge in [-0.1, -0.05) is 48.5 Å². The minimum atomic E-state index is -2.24. The highest BCUT2D eigenvalue weighted by molar-refractivity contribution is 5.99. The monoisotopic (exact) mass is 524 g/mol. The fourth-order valence-corrected chi connectivity index (χ4v) is 5.39. The molecule has 4 nitrogen and oxygen atoms in total. The molecule has 0 aliphatic carbocycles. The molecule has 0 N–H and O–H groups in total. The van der Waals surface area contributed by atoms with E-state index >= 15 is 0 Å². The molecule has 9 heteroatoms. The first-order chi connectivity index (χ1) is 18.2. The Labute approximate surface area is 214 Å². The third-order valence-corrected chi connectivity index (χ3v) is 7.39. The van der Waals surface area contributed by atoms with E-state index < -0.39 is 52.6 Å². The molecule has 0 saturated carbocycles. The van der Waals surface area contributed by atoms with Crippen molar-refractivity contribution in [3.63, 3.8) is 0 Å². The van der Waals surface area contributed by atoms with Gasteiger partial charge in [0.25, 0.3) is 0 Å². The van der Waals surface area contributed by atoms with Gasteiger partial charge in [-0.3, -0.25) is 4.99 Å². The number of benzene rings is 4. The fraction of sp³-hybridized carbons (Fsp3) is 0.207. The van der Waals surface area contributed by atoms with E-state index in [1.807, 2.05) is 79.4 Å². The van der Waals surface area contributed by atoms with Gasteiger partial charge < -0.3 is 14.4 Å². The number of para-hydroxylation sites is 1. The number of rotatable bonds is 4. The van der Waals surface area contributed by atoms with E-state index in [0.29, 0.717) is 11.4 Å². The molecule has 2 aliphatic heterocycles. The van der Waals surface area contributed by atoms with Crippen LogP contribution in [0.3, 0.4) is 0 Å². The highest BCUT2D eigenvalue weighted by Gasteiger charge is 2.59. The molecule has 0 bridgehead atoms. The zero-order chi connectivity index (χ0) is 26.8. The van der Waals surface area contributed by atoms with Crippen LogP contribution in [-0.4, -0.2) is 25.1 Å². The molecule has 0 amide bonds. The predicted molar refractivity (Wildman–Crippen MR) is 134 cm³/mol. The van der Waals surface area contributed by atoms with Crippen molar-refractivity contribution in [1.29, 1.82) is 0 Å². The molecule has 6 rings (SSSR count). The molecule has 0 radical (unpaired) electrons. The van der Waals surface area contributed by atoms with Crippen molar-refractivity contribution < 1.29 is 31.4 Å². The topological polar surface area (TPSA) is 34.1 Å². The molecule has 1 atom stereocenters. The molecule has 0 fully saturated rings. The van der Waals surface area contributed by atoms with E-state index in [0.717, 1.165) is 22.0 Å². The smallest absolute Gasteiger partial charge is 0.229 e. The lowest BCUT2D eigenvalue weighted by atomic mass is 9.77. The van der Waals surface area contributed by atoms with Gasteiger partial charge in [0.15, 0.2) is 5.75 Å². The van der Waals surface area contributed by atoms with Crippen LogP contribution in [0, 0.1) is 29.1 Å². The first kappa shape index (κ1) is 24.2. The number of ether oxygens (including phenoxy) is 2. The number of hydrogen-bond acceptors (Lipinski definition) is 4. The van der Waals surface area contributed by atoms with Crippen LogP contribution < -0.4 is 14.4 Å². The van der Waals surface area contributed by atoms with Crippen molar-refractivity contribution in [3.8, 4) is 11.5 Å². The summed E-state index contributed by atoms with van der Waals surface area (Å²) in [5.74, 6) is -11.2. The minimum absolute atomic E-state index is 0.00509. The molecule has 2 heterocycles. The van der Waals surface area contributed by atoms with E-state index in [9.17, 15) is 22.0 Å². The summed E-state index contributed by atoms with van der Waals surface area (Å²) >= 11 is 0. The third kappa shape index (κ3) is 3.23. The molecule has 4 aromatic carbocycles. The van der Waals surface area contributed by atoms with Crippen molar-refractivity contribution in [1.82, 2.24) is 0 Å². The van der Waals surface area contributed by atoms with Crippen LogP contribution in [0.2, 0.25) is 0 Å². The van der Waals surface area contributed by atoms with Crippen molar-refractivity contribution in [2.75, 3.05) is 18.1 Å². The van der Waals surface area contributed by atoms with Gasteiger partial charge in [0.2, 0.25) is 34.8 Å². The van der Waals surface area contributed by atoms with E-state index in [1.54, 1.807) is 6.21 Å². The Morgan fingerprint density at radius 3 is 2.24 bits per heavy atom. The average molecular weight is 524 g/mol. The standard InChI is InChI=1S/C29H21F5N2O2/c1-28(2)18-9-5-6-10-19(18)36(13-14-37-27-24(33)22(31)21(30)23(32)25(27)34)29(28)15-35-26-17-8-4-3-7-16(17)11-12-20(26)38-29/h3-12,15H,13-14H2,1-2H3. The Balaban J connectivity index is 1.39. The highest BCUT2D eigenvalue weighted by atomic mass is 19.2. The van der Waals surface area contributed by atoms with Gasteiger partial charge in [0, 0.05) is 11.1 Å². The first-order valence-corrected chi connectivity index (χ1v) is 11.9. The Hall–Kier alpha value is -4.14. The summed E-state index contributed by atoms with van der Waals surface area (Å²) in [6.07, 6.45) is 1.71. The van der Waals surface area contributed by atoms with Crippen molar-refractivity contribution in [3.05, 3.63) is 95.3 Å². The molecule has 1 unspecified atom stereocenters. The zero-order valence-corrected chi connectivity index (χ0v) is 20.4. The average Bonchev–Trinajstić information content (AvgIpc) is 3.10. The second kappa shape index (κ2) is 8.44. The summed E-state index contributed by atoms with van der Waals surface area (Å²) < 4.78 is 81.1. The normalized spacial score (nSPS) is 19.0. The van der Waals surface area contributed by atoms with Crippen LogP contribution in [0.5, 0.6) is 11.5 Å². The quantitative estimate of drug-likeness (QED) is 0.161. The Kier molecular flexibility index (Phi) is 5.38. The number of anilines is 1. The Bertz CT molecular complexity index is 1610. The molecule has 0 aromatic heterocycles. The fourth-order valence-electron chi connectivity index (χ4n) is 5.39. The van der Waals surface area contributed by atoms with Gasteiger partial charge in [-0.15, -0.1) is 0 Å². The summed E-state index contributed by atoms with van der Waals surface area (Å²) in [4.78, 5) is 6.66. The minimum Gasteiger partial charge on any atom is -0.486 e. The maximum Gasteiger partial charge on any atom is 0.229 e. The molecule has 4 aromatic rings. The summed E-state index contributed by atoms with van der Waals surface area (Å²) in [6.45, 7) is 3.59. The largest absolute Gasteiger partial charge is 0.486 e. The molecule has 194 valence electrons. The number of nitrogens with zero attached hydrogens (tertiary/aromatic N) is 2. The maximum absolute atomic E-state index is 14.2. The second-order valence-corrected chi connectivity index (χ2v) is 9.73. The van der Waals surface area contributed by atoms with Crippen molar-refractivity contribution in [2.45, 2.75) is 25.0 Å². The van der Waals surface area contributed by atoms with E-state index in [-0.39, 0.29) is 6.54 Å². The van der Waals surface area contributed by atoms with Crippen LogP contribution in [0.4, 0.5) is 33.3 Å². The molecule has 0 saturated heterocycles. The zero-order valence-electron chi connectivity index (χ0n) is 20.4. The van der Waals surface area contributed by atoms with Gasteiger partial charge in [-0.2, -0.15) is 8.78 Å². The summed E-state index contributed by atoms with van der Waals surface area (Å²) in [5.41, 5.74) is 0.576. The molecule has 38 heavy (non-hydrogen) atoms. The van der Waals surface area contributed by atoms with Crippen molar-refractivity contribution >= 4 is 28.4 Å². The van der Waals surface area contributed by atoms with Crippen LogP contribution in [-0.2, 0) is 5.41 Å². The van der Waals surface area contributed by atoms with Gasteiger partial charge in [0.05, 0.1) is 18.2 Å². The molecule has 1 spiro atoms. The number of hydrogen-bond donors (Lipinski definition) is 0. The lowest BCUT2D eigenvalue weighted by Crippen LogP contribution is -2.62. The van der Waals surface area contributed by atoms with E-state index in [4.69, 9.17) is 14.5 Å². The molecular weight excluding hydrogens is 503 g/mol. The van der Waals surface area contributed by atoms with Gasteiger partial charge in [-0.25, -0.2) is 13.2 Å². The van der Waals surface area contributed by atoms with Crippen LogP contribution in [0.15, 0.2) is 65.7 Å². The summed E-state index contributed by atoms with van der Waals surface area (Å²) in [6, 6.07) is 19.1. The van der Waals surface area contributed by atoms with Crippen LogP contribution in [0.1, 0.15) is 19.4 Å². The lowest BCUT2D eigenvalue weighted by molar-refractivity contribution is 0.0747.